The number of aliphatic hydroxyl groups is 2. The minimum Gasteiger partial charge on any atom is -0.394 e. The Morgan fingerprint density at radius 3 is 2.21 bits per heavy atom. The van der Waals surface area contributed by atoms with E-state index < -0.39 is 83.2 Å². The Balaban J connectivity index is 2.02. The monoisotopic (exact) mass is 585 g/mol. The maximum atomic E-state index is 13.5. The molecule has 5 amide bonds. The summed E-state index contributed by atoms with van der Waals surface area (Å²) < 4.78 is 0. The molecule has 0 spiro atoms. The molecule has 39 heavy (non-hydrogen) atoms. The summed E-state index contributed by atoms with van der Waals surface area (Å²) in [6, 6.07) is 2.39. The van der Waals surface area contributed by atoms with E-state index in [1.54, 1.807) is 37.3 Å². The third-order valence-electron chi connectivity index (χ3n) is 6.73. The fourth-order valence-electron chi connectivity index (χ4n) is 4.57. The Morgan fingerprint density at radius 1 is 0.949 bits per heavy atom. The quantitative estimate of drug-likeness (QED) is 0.243. The van der Waals surface area contributed by atoms with Gasteiger partial charge in [-0.2, -0.15) is 0 Å². The third-order valence-corrected chi connectivity index (χ3v) is 7.81. The van der Waals surface area contributed by atoms with Crippen LogP contribution in [0.1, 0.15) is 38.3 Å². The Bertz CT molecular complexity index is 1080. The lowest BCUT2D eigenvalue weighted by molar-refractivity contribution is -0.143. The van der Waals surface area contributed by atoms with Gasteiger partial charge in [0, 0.05) is 6.54 Å². The highest BCUT2D eigenvalue weighted by Gasteiger charge is 2.48. The minimum absolute atomic E-state index is 0.0835. The van der Waals surface area contributed by atoms with E-state index in [0.717, 1.165) is 4.90 Å². The molecule has 1 aromatic carbocycles. The fourth-order valence-corrected chi connectivity index (χ4v) is 5.19. The second kappa shape index (κ2) is 13.4. The first-order valence-corrected chi connectivity index (χ1v) is 13.5. The van der Waals surface area contributed by atoms with Crippen LogP contribution in [0, 0.1) is 0 Å². The number of hydrogen-bond acceptors (Lipinski definition) is 7. The van der Waals surface area contributed by atoms with Crippen molar-refractivity contribution in [2.24, 2.45) is 0 Å². The van der Waals surface area contributed by atoms with Crippen LogP contribution in [0.4, 0.5) is 0 Å². The van der Waals surface area contributed by atoms with E-state index in [1.165, 1.54) is 6.92 Å². The van der Waals surface area contributed by atoms with E-state index in [-0.39, 0.29) is 19.4 Å². The maximum Gasteiger partial charge on any atom is 0.245 e. The molecular formula is C25H33Cl2N5O7. The van der Waals surface area contributed by atoms with E-state index >= 15 is 0 Å². The molecule has 0 unspecified atom stereocenters. The zero-order valence-corrected chi connectivity index (χ0v) is 23.0. The standard InChI is InChI=1S/C25H33Cl2N5O7/c1-3-15-25(39)32-10-14(26)19(27)21(32)24(38)31-20(12(2)34)23(37)30-17(11-33)22(36)29-16(9-18(35)28-15)13-7-5-4-6-8-13/h4-8,12,14-17,19-21,33-34H,3,9-11H2,1-2H3,(H,28,35)(H,29,36)(H,30,37)(H,31,38)/t12-,14-,15-,16+,17-,19+,20-,21-/m0/s1. The van der Waals surface area contributed by atoms with Crippen molar-refractivity contribution in [1.82, 2.24) is 26.2 Å². The Labute approximate surface area is 235 Å². The summed E-state index contributed by atoms with van der Waals surface area (Å²) in [5.41, 5.74) is 0.577. The number of aliphatic hydroxyl groups excluding tert-OH is 2. The van der Waals surface area contributed by atoms with Crippen molar-refractivity contribution in [2.75, 3.05) is 13.2 Å². The molecule has 14 heteroatoms. The fraction of sp³-hybridized carbons (Fsp3) is 0.560. The molecule has 0 saturated carbocycles. The summed E-state index contributed by atoms with van der Waals surface area (Å²) in [6.45, 7) is 2.05. The average Bonchev–Trinajstić information content (AvgIpc) is 3.21. The molecule has 6 N–H and O–H groups in total. The van der Waals surface area contributed by atoms with E-state index in [4.69, 9.17) is 23.2 Å². The molecule has 8 atom stereocenters. The van der Waals surface area contributed by atoms with Crippen molar-refractivity contribution in [3.8, 4) is 0 Å². The summed E-state index contributed by atoms with van der Waals surface area (Å²) in [5, 5.41) is 28.3. The lowest BCUT2D eigenvalue weighted by Gasteiger charge is -2.32. The molecule has 2 aliphatic rings. The van der Waals surface area contributed by atoms with Crippen LogP contribution in [0.2, 0.25) is 0 Å². The molecule has 2 saturated heterocycles. The molecule has 12 nitrogen and oxygen atoms in total. The Morgan fingerprint density at radius 2 is 1.62 bits per heavy atom. The third kappa shape index (κ3) is 7.18. The summed E-state index contributed by atoms with van der Waals surface area (Å²) >= 11 is 12.7. The minimum atomic E-state index is -1.55. The highest BCUT2D eigenvalue weighted by Crippen LogP contribution is 2.29. The van der Waals surface area contributed by atoms with Crippen LogP contribution in [-0.2, 0) is 24.0 Å². The van der Waals surface area contributed by atoms with Crippen molar-refractivity contribution in [2.45, 2.75) is 73.8 Å². The predicted octanol–water partition coefficient (Wildman–Crippen LogP) is -1.09. The van der Waals surface area contributed by atoms with Crippen LogP contribution in [0.15, 0.2) is 30.3 Å². The van der Waals surface area contributed by atoms with Crippen molar-refractivity contribution >= 4 is 52.7 Å². The van der Waals surface area contributed by atoms with Gasteiger partial charge in [-0.1, -0.05) is 37.3 Å². The van der Waals surface area contributed by atoms with Crippen LogP contribution < -0.4 is 21.3 Å². The molecule has 2 heterocycles. The van der Waals surface area contributed by atoms with Gasteiger partial charge in [0.2, 0.25) is 29.5 Å². The number of amides is 5. The first-order chi connectivity index (χ1) is 18.5. The predicted molar refractivity (Wildman–Crippen MR) is 142 cm³/mol. The zero-order valence-electron chi connectivity index (χ0n) is 21.5. The highest BCUT2D eigenvalue weighted by atomic mass is 35.5. The second-order valence-electron chi connectivity index (χ2n) is 9.57. The molecule has 0 aliphatic carbocycles. The van der Waals surface area contributed by atoms with Gasteiger partial charge in [-0.15, -0.1) is 23.2 Å². The zero-order chi connectivity index (χ0) is 28.9. The highest BCUT2D eigenvalue weighted by molar-refractivity contribution is 6.32. The smallest absolute Gasteiger partial charge is 0.245 e. The SMILES string of the molecule is CC[C@@H]1NC(=O)C[C@H](c2ccccc2)NC(=O)[C@H](CO)NC(=O)[C@H]([C@H](C)O)NC(=O)[C@@H]2[C@H](Cl)[C@@H](Cl)CN2C1=O. The molecule has 1 aromatic rings. The van der Waals surface area contributed by atoms with Gasteiger partial charge in [-0.3, -0.25) is 24.0 Å². The number of fused-ring (bicyclic) bond motifs is 1. The Kier molecular flexibility index (Phi) is 10.5. The largest absolute Gasteiger partial charge is 0.394 e. The van der Waals surface area contributed by atoms with Crippen LogP contribution in [0.3, 0.4) is 0 Å². The number of hydrogen-bond donors (Lipinski definition) is 6. The molecule has 0 aromatic heterocycles. The second-order valence-corrected chi connectivity index (χ2v) is 10.6. The number of carbonyl (C=O) groups is 5. The van der Waals surface area contributed by atoms with E-state index in [2.05, 4.69) is 21.3 Å². The average molecular weight is 586 g/mol. The summed E-state index contributed by atoms with van der Waals surface area (Å²) in [6.07, 6.45) is -1.49. The van der Waals surface area contributed by atoms with Gasteiger partial charge in [-0.05, 0) is 18.9 Å². The normalized spacial score (nSPS) is 32.0. The number of nitrogens with zero attached hydrogens (tertiary/aromatic N) is 1. The molecule has 2 aliphatic heterocycles. The summed E-state index contributed by atoms with van der Waals surface area (Å²) in [5.74, 6) is -3.75. The van der Waals surface area contributed by atoms with E-state index in [9.17, 15) is 34.2 Å². The van der Waals surface area contributed by atoms with Crippen molar-refractivity contribution in [3.05, 3.63) is 35.9 Å². The number of rotatable bonds is 4. The van der Waals surface area contributed by atoms with Crippen LogP contribution in [0.5, 0.6) is 0 Å². The molecular weight excluding hydrogens is 553 g/mol. The number of benzene rings is 1. The van der Waals surface area contributed by atoms with Gasteiger partial charge in [0.25, 0.3) is 0 Å². The lowest BCUT2D eigenvalue weighted by Crippen LogP contribution is -2.62. The first-order valence-electron chi connectivity index (χ1n) is 12.6. The molecule has 2 fully saturated rings. The van der Waals surface area contributed by atoms with Crippen molar-refractivity contribution < 1.29 is 34.2 Å². The molecule has 214 valence electrons. The maximum absolute atomic E-state index is 13.5. The van der Waals surface area contributed by atoms with Crippen molar-refractivity contribution in [1.29, 1.82) is 0 Å². The van der Waals surface area contributed by atoms with Crippen LogP contribution >= 0.6 is 23.2 Å². The number of carbonyl (C=O) groups excluding carboxylic acids is 5. The van der Waals surface area contributed by atoms with Crippen LogP contribution in [-0.4, -0.2) is 98.8 Å². The van der Waals surface area contributed by atoms with Crippen molar-refractivity contribution in [3.63, 3.8) is 0 Å². The molecule has 0 bridgehead atoms. The Hall–Kier alpha value is -2.93. The van der Waals surface area contributed by atoms with Gasteiger partial charge in [0.05, 0.1) is 35.9 Å². The van der Waals surface area contributed by atoms with Gasteiger partial charge in [0.1, 0.15) is 24.2 Å². The summed E-state index contributed by atoms with van der Waals surface area (Å²) in [7, 11) is 0. The number of halogens is 2. The molecule has 0 radical (unpaired) electrons. The number of alkyl halides is 2. The number of nitrogens with one attached hydrogen (secondary N) is 4. The van der Waals surface area contributed by atoms with E-state index in [1.807, 2.05) is 0 Å². The first kappa shape index (κ1) is 30.6. The van der Waals surface area contributed by atoms with Gasteiger partial charge in [0.15, 0.2) is 0 Å². The van der Waals surface area contributed by atoms with Gasteiger partial charge in [-0.25, -0.2) is 0 Å². The lowest BCUT2D eigenvalue weighted by atomic mass is 10.0. The van der Waals surface area contributed by atoms with Gasteiger partial charge >= 0.3 is 0 Å². The topological polar surface area (TPSA) is 177 Å². The van der Waals surface area contributed by atoms with Crippen LogP contribution in [0.25, 0.3) is 0 Å². The molecule has 3 rings (SSSR count). The van der Waals surface area contributed by atoms with E-state index in [0.29, 0.717) is 5.56 Å². The summed E-state index contributed by atoms with van der Waals surface area (Å²) in [4.78, 5) is 67.1. The van der Waals surface area contributed by atoms with Gasteiger partial charge < -0.3 is 36.4 Å².